The van der Waals surface area contributed by atoms with Crippen LogP contribution in [-0.4, -0.2) is 21.7 Å². The van der Waals surface area contributed by atoms with Crippen molar-refractivity contribution in [3.05, 3.63) is 57.7 Å². The number of Topliss-reactive ketones (excluding diaryl/α,β-unsaturated/α-hetero) is 1. The van der Waals surface area contributed by atoms with Crippen molar-refractivity contribution in [3.8, 4) is 0 Å². The zero-order valence-electron chi connectivity index (χ0n) is 11.4. The number of alkyl halides is 2. The van der Waals surface area contributed by atoms with Crippen LogP contribution in [0.5, 0.6) is 0 Å². The van der Waals surface area contributed by atoms with Crippen molar-refractivity contribution in [2.45, 2.75) is 4.84 Å². The van der Waals surface area contributed by atoms with Gasteiger partial charge in [-0.3, -0.25) is 9.59 Å². The predicted octanol–water partition coefficient (Wildman–Crippen LogP) is 3.63. The third-order valence-electron chi connectivity index (χ3n) is 3.40. The number of aromatic carboxylic acids is 1. The number of ketones is 1. The maximum atomic E-state index is 12.5. The van der Waals surface area contributed by atoms with Crippen molar-refractivity contribution in [1.29, 1.82) is 0 Å². The summed E-state index contributed by atoms with van der Waals surface area (Å²) in [6.45, 7) is 0. The highest BCUT2D eigenvalue weighted by molar-refractivity contribution is 6.55. The molecule has 0 spiro atoms. The fourth-order valence-corrected chi connectivity index (χ4v) is 2.52. The first kappa shape index (κ1) is 15.5. The maximum Gasteiger partial charge on any atom is 0.335 e. The van der Waals surface area contributed by atoms with E-state index in [0.29, 0.717) is 0 Å². The molecule has 1 aromatic heterocycles. The number of halogens is 2. The number of carboxylic acids is 1. The SMILES string of the molecule is O=C(O)c1ccc2oc3cc(C(=O)C(Cl)Cl)ccc3c(=O)c2c1. The molecule has 1 N–H and O–H groups in total. The van der Waals surface area contributed by atoms with E-state index in [-0.39, 0.29) is 38.5 Å². The van der Waals surface area contributed by atoms with Gasteiger partial charge in [-0.15, -0.1) is 0 Å². The summed E-state index contributed by atoms with van der Waals surface area (Å²) in [7, 11) is 0. The minimum absolute atomic E-state index is 0.0110. The summed E-state index contributed by atoms with van der Waals surface area (Å²) in [5.41, 5.74) is 0.257. The van der Waals surface area contributed by atoms with E-state index in [9.17, 15) is 14.4 Å². The molecular formula is C16H8Cl2O5. The van der Waals surface area contributed by atoms with Crippen molar-refractivity contribution < 1.29 is 19.1 Å². The fraction of sp³-hybridized carbons (Fsp3) is 0.0625. The predicted molar refractivity (Wildman–Crippen MR) is 86.8 cm³/mol. The van der Waals surface area contributed by atoms with Crippen molar-refractivity contribution in [2.24, 2.45) is 0 Å². The summed E-state index contributed by atoms with van der Waals surface area (Å²) in [4.78, 5) is 34.1. The van der Waals surface area contributed by atoms with E-state index in [1.165, 1.54) is 36.4 Å². The highest BCUT2D eigenvalue weighted by atomic mass is 35.5. The lowest BCUT2D eigenvalue weighted by molar-refractivity contribution is 0.0697. The molecule has 0 saturated heterocycles. The minimum atomic E-state index is -1.21. The second kappa shape index (κ2) is 5.68. The van der Waals surface area contributed by atoms with Crippen molar-refractivity contribution in [3.63, 3.8) is 0 Å². The first-order chi connectivity index (χ1) is 10.9. The lowest BCUT2D eigenvalue weighted by Gasteiger charge is -2.05. The van der Waals surface area contributed by atoms with Crippen LogP contribution in [0.3, 0.4) is 0 Å². The number of fused-ring (bicyclic) bond motifs is 2. The Balaban J connectivity index is 2.29. The van der Waals surface area contributed by atoms with E-state index in [0.717, 1.165) is 0 Å². The van der Waals surface area contributed by atoms with Gasteiger partial charge in [0.2, 0.25) is 5.43 Å². The standard InChI is InChI=1S/C16H8Cl2O5/c17-15(18)13(19)7-1-3-9-12(6-7)23-11-4-2-8(16(21)22)5-10(11)14(9)20/h1-6,15H,(H,21,22). The Hall–Kier alpha value is -2.37. The van der Waals surface area contributed by atoms with Crippen LogP contribution >= 0.6 is 23.2 Å². The number of benzene rings is 2. The molecule has 7 heteroatoms. The molecule has 0 unspecified atom stereocenters. The molecule has 0 amide bonds. The monoisotopic (exact) mass is 350 g/mol. The molecule has 23 heavy (non-hydrogen) atoms. The Morgan fingerprint density at radius 3 is 2.30 bits per heavy atom. The van der Waals surface area contributed by atoms with Crippen LogP contribution in [0.15, 0.2) is 45.6 Å². The first-order valence-corrected chi connectivity index (χ1v) is 7.32. The van der Waals surface area contributed by atoms with Crippen LogP contribution in [-0.2, 0) is 0 Å². The molecule has 0 bridgehead atoms. The van der Waals surface area contributed by atoms with Gasteiger partial charge in [0.15, 0.2) is 10.6 Å². The number of hydrogen-bond acceptors (Lipinski definition) is 4. The third kappa shape index (κ3) is 2.69. The molecule has 3 rings (SSSR count). The topological polar surface area (TPSA) is 84.6 Å². The largest absolute Gasteiger partial charge is 0.478 e. The quantitative estimate of drug-likeness (QED) is 0.443. The Bertz CT molecular complexity index is 1020. The highest BCUT2D eigenvalue weighted by Gasteiger charge is 2.17. The van der Waals surface area contributed by atoms with Crippen molar-refractivity contribution in [1.82, 2.24) is 0 Å². The third-order valence-corrected chi connectivity index (χ3v) is 3.80. The summed E-state index contributed by atoms with van der Waals surface area (Å²) in [5.74, 6) is -1.64. The van der Waals surface area contributed by atoms with E-state index < -0.39 is 16.6 Å². The Labute approximate surface area is 139 Å². The molecular weight excluding hydrogens is 343 g/mol. The molecule has 0 fully saturated rings. The van der Waals surface area contributed by atoms with E-state index >= 15 is 0 Å². The first-order valence-electron chi connectivity index (χ1n) is 6.45. The molecule has 0 aliphatic carbocycles. The molecule has 0 atom stereocenters. The minimum Gasteiger partial charge on any atom is -0.478 e. The summed E-state index contributed by atoms with van der Waals surface area (Å²) in [5, 5.41) is 9.39. The zero-order valence-corrected chi connectivity index (χ0v) is 12.9. The number of hydrogen-bond donors (Lipinski definition) is 1. The lowest BCUT2D eigenvalue weighted by atomic mass is 10.1. The van der Waals surface area contributed by atoms with Gasteiger partial charge in [0.25, 0.3) is 0 Å². The molecule has 0 aliphatic rings. The second-order valence-corrected chi connectivity index (χ2v) is 5.92. The Morgan fingerprint density at radius 1 is 0.957 bits per heavy atom. The highest BCUT2D eigenvalue weighted by Crippen LogP contribution is 2.22. The molecule has 0 aliphatic heterocycles. The zero-order chi connectivity index (χ0) is 16.7. The average molecular weight is 351 g/mol. The Morgan fingerprint density at radius 2 is 1.65 bits per heavy atom. The van der Waals surface area contributed by atoms with Crippen LogP contribution in [0.1, 0.15) is 20.7 Å². The molecule has 2 aromatic carbocycles. The van der Waals surface area contributed by atoms with Crippen LogP contribution in [0.4, 0.5) is 0 Å². The number of rotatable bonds is 3. The van der Waals surface area contributed by atoms with Crippen LogP contribution < -0.4 is 5.43 Å². The van der Waals surface area contributed by atoms with Gasteiger partial charge in [0.1, 0.15) is 11.2 Å². The number of carbonyl (C=O) groups is 2. The number of carboxylic acid groups (broad SMARTS) is 1. The van der Waals surface area contributed by atoms with E-state index in [2.05, 4.69) is 0 Å². The van der Waals surface area contributed by atoms with E-state index in [1.54, 1.807) is 0 Å². The summed E-state index contributed by atoms with van der Waals surface area (Å²) >= 11 is 11.1. The lowest BCUT2D eigenvalue weighted by Crippen LogP contribution is -2.09. The van der Waals surface area contributed by atoms with Crippen LogP contribution in [0, 0.1) is 0 Å². The van der Waals surface area contributed by atoms with Gasteiger partial charge < -0.3 is 9.52 Å². The molecule has 1 heterocycles. The van der Waals surface area contributed by atoms with Gasteiger partial charge in [0, 0.05) is 5.56 Å². The van der Waals surface area contributed by atoms with Crippen LogP contribution in [0.2, 0.25) is 0 Å². The molecule has 0 radical (unpaired) electrons. The summed E-state index contributed by atoms with van der Waals surface area (Å²) < 4.78 is 5.60. The van der Waals surface area contributed by atoms with Crippen molar-refractivity contribution in [2.75, 3.05) is 0 Å². The van der Waals surface area contributed by atoms with Gasteiger partial charge >= 0.3 is 5.97 Å². The molecule has 116 valence electrons. The smallest absolute Gasteiger partial charge is 0.335 e. The van der Waals surface area contributed by atoms with Gasteiger partial charge in [-0.25, -0.2) is 4.79 Å². The van der Waals surface area contributed by atoms with Gasteiger partial charge in [-0.05, 0) is 30.3 Å². The number of carbonyl (C=O) groups excluding carboxylic acids is 1. The molecule has 0 saturated carbocycles. The summed E-state index contributed by atoms with van der Waals surface area (Å²) in [6.07, 6.45) is 0. The normalized spacial score (nSPS) is 11.3. The average Bonchev–Trinajstić information content (AvgIpc) is 2.53. The van der Waals surface area contributed by atoms with Crippen molar-refractivity contribution >= 4 is 56.9 Å². The van der Waals surface area contributed by atoms with Gasteiger partial charge in [-0.2, -0.15) is 0 Å². The molecule has 3 aromatic rings. The fourth-order valence-electron chi connectivity index (χ4n) is 2.27. The molecule has 5 nitrogen and oxygen atoms in total. The van der Waals surface area contributed by atoms with E-state index in [1.807, 2.05) is 0 Å². The Kier molecular flexibility index (Phi) is 3.83. The second-order valence-electron chi connectivity index (χ2n) is 4.82. The van der Waals surface area contributed by atoms with Gasteiger partial charge in [0.05, 0.1) is 16.3 Å². The van der Waals surface area contributed by atoms with Crippen LogP contribution in [0.25, 0.3) is 21.9 Å². The summed E-state index contributed by atoms with van der Waals surface area (Å²) in [6, 6.07) is 8.24. The van der Waals surface area contributed by atoms with E-state index in [4.69, 9.17) is 32.7 Å². The van der Waals surface area contributed by atoms with Gasteiger partial charge in [-0.1, -0.05) is 29.3 Å². The maximum absolute atomic E-state index is 12.5.